The van der Waals surface area contributed by atoms with Gasteiger partial charge in [0.2, 0.25) is 0 Å². The Morgan fingerprint density at radius 3 is 2.25 bits per heavy atom. The number of carbonyl (C=O) groups is 1. The van der Waals surface area contributed by atoms with E-state index in [1.807, 2.05) is 0 Å². The second-order valence-corrected chi connectivity index (χ2v) is 3.22. The highest BCUT2D eigenvalue weighted by molar-refractivity contribution is 5.82. The maximum Gasteiger partial charge on any atom is 0.338 e. The zero-order valence-corrected chi connectivity index (χ0v) is 7.75. The van der Waals surface area contributed by atoms with Crippen molar-refractivity contribution in [2.24, 2.45) is 0 Å². The summed E-state index contributed by atoms with van der Waals surface area (Å²) in [6.07, 6.45) is 0.880. The molecule has 0 spiro atoms. The van der Waals surface area contributed by atoms with E-state index in [1.165, 1.54) is 7.11 Å². The molecule has 0 unspecified atom stereocenters. The number of aliphatic hydroxyl groups is 1. The lowest BCUT2D eigenvalue weighted by atomic mass is 10.2. The van der Waals surface area contributed by atoms with Crippen LogP contribution in [0.25, 0.3) is 0 Å². The molecule has 0 aliphatic carbocycles. The summed E-state index contributed by atoms with van der Waals surface area (Å²) in [5.41, 5.74) is -0.554. The summed E-state index contributed by atoms with van der Waals surface area (Å²) in [5, 5.41) is 8.76. The van der Waals surface area contributed by atoms with Gasteiger partial charge in [0, 0.05) is 0 Å². The van der Waals surface area contributed by atoms with Crippen molar-refractivity contribution in [1.82, 2.24) is 0 Å². The largest absolute Gasteiger partial charge is 0.481 e. The maximum absolute atomic E-state index is 10.9. The highest BCUT2D eigenvalue weighted by atomic mass is 16.6. The lowest BCUT2D eigenvalue weighted by Crippen LogP contribution is -2.22. The maximum atomic E-state index is 10.9. The Bertz CT molecular complexity index is 188. The monoisotopic (exact) mass is 174 g/mol. The van der Waals surface area contributed by atoms with Crippen LogP contribution in [-0.2, 0) is 14.3 Å². The van der Waals surface area contributed by atoms with Gasteiger partial charge in [-0.25, -0.2) is 4.79 Å². The average Bonchev–Trinajstić information content (AvgIpc) is 1.82. The van der Waals surface area contributed by atoms with E-state index in [2.05, 4.69) is 4.74 Å². The summed E-state index contributed by atoms with van der Waals surface area (Å²) < 4.78 is 9.21. The van der Waals surface area contributed by atoms with Crippen molar-refractivity contribution >= 4 is 5.97 Å². The first-order valence-corrected chi connectivity index (χ1v) is 3.53. The molecule has 4 heteroatoms. The van der Waals surface area contributed by atoms with Gasteiger partial charge in [0.25, 0.3) is 5.95 Å². The number of ether oxygens (including phenoxy) is 2. The van der Waals surface area contributed by atoms with Crippen LogP contribution in [0.1, 0.15) is 20.8 Å². The molecule has 0 amide bonds. The van der Waals surface area contributed by atoms with E-state index in [-0.39, 0.29) is 0 Å². The minimum absolute atomic E-state index is 0.454. The standard InChI is InChI=1S/C8H14O4/c1-8(2,3)12-7(10)5-6(9)11-4/h5,9H,1-4H3/b6-5+. The summed E-state index contributed by atoms with van der Waals surface area (Å²) >= 11 is 0. The first kappa shape index (κ1) is 10.8. The highest BCUT2D eigenvalue weighted by Crippen LogP contribution is 2.07. The molecular weight excluding hydrogens is 160 g/mol. The van der Waals surface area contributed by atoms with Gasteiger partial charge in [-0.2, -0.15) is 0 Å². The number of hydrogen-bond donors (Lipinski definition) is 1. The van der Waals surface area contributed by atoms with Crippen molar-refractivity contribution in [1.29, 1.82) is 0 Å². The van der Waals surface area contributed by atoms with Gasteiger partial charge in [0.05, 0.1) is 7.11 Å². The molecule has 0 aliphatic heterocycles. The zero-order chi connectivity index (χ0) is 9.78. The van der Waals surface area contributed by atoms with E-state index in [4.69, 9.17) is 9.84 Å². The van der Waals surface area contributed by atoms with Gasteiger partial charge < -0.3 is 14.6 Å². The molecule has 4 nitrogen and oxygen atoms in total. The molecule has 0 radical (unpaired) electrons. The minimum Gasteiger partial charge on any atom is -0.481 e. The van der Waals surface area contributed by atoms with Crippen LogP contribution < -0.4 is 0 Å². The fraction of sp³-hybridized carbons (Fsp3) is 0.625. The Labute approximate surface area is 71.8 Å². The number of rotatable bonds is 2. The molecule has 0 saturated carbocycles. The minimum atomic E-state index is -0.623. The summed E-state index contributed by atoms with van der Waals surface area (Å²) in [6, 6.07) is 0. The van der Waals surface area contributed by atoms with Crippen LogP contribution in [0.15, 0.2) is 12.0 Å². The molecule has 0 aliphatic rings. The van der Waals surface area contributed by atoms with E-state index in [1.54, 1.807) is 20.8 Å². The van der Waals surface area contributed by atoms with Crippen molar-refractivity contribution in [3.63, 3.8) is 0 Å². The van der Waals surface area contributed by atoms with E-state index in [0.29, 0.717) is 0 Å². The molecule has 0 aromatic carbocycles. The van der Waals surface area contributed by atoms with Gasteiger partial charge in [-0.3, -0.25) is 0 Å². The second-order valence-electron chi connectivity index (χ2n) is 3.22. The Balaban J connectivity index is 4.08. The SMILES string of the molecule is CO/C(O)=C/C(=O)OC(C)(C)C. The summed E-state index contributed by atoms with van der Waals surface area (Å²) in [7, 11) is 1.26. The lowest BCUT2D eigenvalue weighted by Gasteiger charge is -2.17. The zero-order valence-electron chi connectivity index (χ0n) is 7.75. The lowest BCUT2D eigenvalue weighted by molar-refractivity contribution is -0.148. The number of esters is 1. The molecule has 0 saturated heterocycles. The van der Waals surface area contributed by atoms with Crippen LogP contribution in [0.4, 0.5) is 0 Å². The Kier molecular flexibility index (Phi) is 3.60. The third-order valence-corrected chi connectivity index (χ3v) is 0.857. The Morgan fingerprint density at radius 2 is 1.92 bits per heavy atom. The highest BCUT2D eigenvalue weighted by Gasteiger charge is 2.15. The van der Waals surface area contributed by atoms with Gasteiger partial charge in [-0.15, -0.1) is 0 Å². The van der Waals surface area contributed by atoms with Crippen molar-refractivity contribution < 1.29 is 19.4 Å². The Morgan fingerprint density at radius 1 is 1.42 bits per heavy atom. The van der Waals surface area contributed by atoms with Crippen LogP contribution in [0.3, 0.4) is 0 Å². The fourth-order valence-corrected chi connectivity index (χ4v) is 0.491. The van der Waals surface area contributed by atoms with E-state index in [0.717, 1.165) is 6.08 Å². The average molecular weight is 174 g/mol. The van der Waals surface area contributed by atoms with E-state index in [9.17, 15) is 4.79 Å². The van der Waals surface area contributed by atoms with Crippen molar-refractivity contribution in [2.45, 2.75) is 26.4 Å². The number of methoxy groups -OCH3 is 1. The Hall–Kier alpha value is -1.19. The van der Waals surface area contributed by atoms with Crippen molar-refractivity contribution in [2.75, 3.05) is 7.11 Å². The van der Waals surface area contributed by atoms with Crippen molar-refractivity contribution in [3.8, 4) is 0 Å². The molecule has 0 bridgehead atoms. The molecule has 0 rings (SSSR count). The summed E-state index contributed by atoms with van der Waals surface area (Å²) in [6.45, 7) is 5.22. The first-order chi connectivity index (χ1) is 5.35. The summed E-state index contributed by atoms with van der Waals surface area (Å²) in [5.74, 6) is -1.08. The molecular formula is C8H14O4. The van der Waals surface area contributed by atoms with Gasteiger partial charge in [0.15, 0.2) is 0 Å². The number of hydrogen-bond acceptors (Lipinski definition) is 4. The molecule has 70 valence electrons. The second kappa shape index (κ2) is 3.99. The van der Waals surface area contributed by atoms with Crippen LogP contribution >= 0.6 is 0 Å². The molecule has 1 N–H and O–H groups in total. The first-order valence-electron chi connectivity index (χ1n) is 3.53. The fourth-order valence-electron chi connectivity index (χ4n) is 0.491. The predicted molar refractivity (Wildman–Crippen MR) is 43.6 cm³/mol. The molecule has 0 aromatic rings. The van der Waals surface area contributed by atoms with Gasteiger partial charge >= 0.3 is 5.97 Å². The van der Waals surface area contributed by atoms with Gasteiger partial charge in [-0.1, -0.05) is 0 Å². The molecule has 0 fully saturated rings. The quantitative estimate of drug-likeness (QED) is 0.390. The third-order valence-electron chi connectivity index (χ3n) is 0.857. The summed E-state index contributed by atoms with van der Waals surface area (Å²) in [4.78, 5) is 10.9. The normalized spacial score (nSPS) is 12.5. The van der Waals surface area contributed by atoms with Crippen LogP contribution in [-0.4, -0.2) is 23.8 Å². The van der Waals surface area contributed by atoms with Crippen LogP contribution in [0.2, 0.25) is 0 Å². The number of carbonyl (C=O) groups excluding carboxylic acids is 1. The molecule has 0 heterocycles. The molecule has 0 aromatic heterocycles. The van der Waals surface area contributed by atoms with Crippen molar-refractivity contribution in [3.05, 3.63) is 12.0 Å². The van der Waals surface area contributed by atoms with Crippen LogP contribution in [0, 0.1) is 0 Å². The number of aliphatic hydroxyl groups excluding tert-OH is 1. The predicted octanol–water partition coefficient (Wildman–Crippen LogP) is 1.37. The van der Waals surface area contributed by atoms with E-state index < -0.39 is 17.5 Å². The van der Waals surface area contributed by atoms with E-state index >= 15 is 0 Å². The third kappa shape index (κ3) is 5.58. The molecule has 12 heavy (non-hydrogen) atoms. The van der Waals surface area contributed by atoms with Crippen LogP contribution in [0.5, 0.6) is 0 Å². The van der Waals surface area contributed by atoms with Gasteiger partial charge in [0.1, 0.15) is 11.7 Å². The smallest absolute Gasteiger partial charge is 0.338 e. The topological polar surface area (TPSA) is 55.8 Å². The van der Waals surface area contributed by atoms with Gasteiger partial charge in [-0.05, 0) is 20.8 Å². The molecule has 0 atom stereocenters.